The van der Waals surface area contributed by atoms with Gasteiger partial charge in [0.05, 0.1) is 18.8 Å². The molecule has 1 aromatic rings. The SMILES string of the molecule is CCN(C)C(=O)Oc1ccc2c(c1)[C@H](N(C)C)[C@H](C)OC2. The monoisotopic (exact) mass is 292 g/mol. The van der Waals surface area contributed by atoms with Crippen molar-refractivity contribution in [3.05, 3.63) is 29.3 Å². The number of likely N-dealkylation sites (N-methyl/N-ethyl adjacent to an activating group) is 1. The Bertz CT molecular complexity index is 516. The standard InChI is InChI=1S/C16H24N2O3/c1-6-18(5)16(19)21-13-8-7-12-10-20-11(2)15(17(3)4)14(12)9-13/h7-9,11,15H,6,10H2,1-5H3/t11-,15+/m0/s1. The molecule has 1 amide bonds. The summed E-state index contributed by atoms with van der Waals surface area (Å²) < 4.78 is 11.2. The van der Waals surface area contributed by atoms with Gasteiger partial charge in [-0.25, -0.2) is 4.79 Å². The number of rotatable bonds is 3. The molecule has 0 radical (unpaired) electrons. The van der Waals surface area contributed by atoms with Crippen molar-refractivity contribution in [2.75, 3.05) is 27.7 Å². The number of benzene rings is 1. The quantitative estimate of drug-likeness (QED) is 0.859. The predicted octanol–water partition coefficient (Wildman–Crippen LogP) is 2.66. The van der Waals surface area contributed by atoms with Crippen molar-refractivity contribution >= 4 is 6.09 Å². The van der Waals surface area contributed by atoms with Crippen molar-refractivity contribution in [2.45, 2.75) is 32.6 Å². The van der Waals surface area contributed by atoms with E-state index < -0.39 is 0 Å². The maximum absolute atomic E-state index is 11.9. The summed E-state index contributed by atoms with van der Waals surface area (Å²) in [7, 11) is 5.78. The zero-order valence-corrected chi connectivity index (χ0v) is 13.4. The molecule has 2 rings (SSSR count). The van der Waals surface area contributed by atoms with Crippen molar-refractivity contribution < 1.29 is 14.3 Å². The minimum Gasteiger partial charge on any atom is -0.410 e. The molecule has 0 saturated heterocycles. The second-order valence-electron chi connectivity index (χ2n) is 5.67. The van der Waals surface area contributed by atoms with Crippen molar-refractivity contribution in [1.82, 2.24) is 9.80 Å². The second-order valence-corrected chi connectivity index (χ2v) is 5.67. The number of nitrogens with zero attached hydrogens (tertiary/aromatic N) is 2. The van der Waals surface area contributed by atoms with E-state index in [9.17, 15) is 4.79 Å². The minimum absolute atomic E-state index is 0.108. The van der Waals surface area contributed by atoms with Gasteiger partial charge in [-0.3, -0.25) is 0 Å². The van der Waals surface area contributed by atoms with Crippen LogP contribution in [0.25, 0.3) is 0 Å². The summed E-state index contributed by atoms with van der Waals surface area (Å²) in [5.41, 5.74) is 2.32. The molecule has 1 heterocycles. The molecular weight excluding hydrogens is 268 g/mol. The molecule has 2 atom stereocenters. The average Bonchev–Trinajstić information content (AvgIpc) is 2.45. The Labute approximate surface area is 126 Å². The maximum atomic E-state index is 11.9. The van der Waals surface area contributed by atoms with Crippen molar-refractivity contribution in [3.63, 3.8) is 0 Å². The molecule has 1 aromatic carbocycles. The lowest BCUT2D eigenvalue weighted by Crippen LogP contribution is -2.35. The van der Waals surface area contributed by atoms with Gasteiger partial charge in [0.2, 0.25) is 0 Å². The Hall–Kier alpha value is -1.59. The molecule has 0 aromatic heterocycles. The molecule has 5 nitrogen and oxygen atoms in total. The maximum Gasteiger partial charge on any atom is 0.414 e. The summed E-state index contributed by atoms with van der Waals surface area (Å²) in [5, 5.41) is 0. The van der Waals surface area contributed by atoms with Gasteiger partial charge in [0.1, 0.15) is 5.75 Å². The van der Waals surface area contributed by atoms with Crippen LogP contribution in [-0.2, 0) is 11.3 Å². The van der Waals surface area contributed by atoms with Gasteiger partial charge in [-0.2, -0.15) is 0 Å². The third-order valence-corrected chi connectivity index (χ3v) is 3.93. The minimum atomic E-state index is -0.334. The van der Waals surface area contributed by atoms with E-state index in [-0.39, 0.29) is 18.2 Å². The summed E-state index contributed by atoms with van der Waals surface area (Å²) in [6, 6.07) is 5.93. The highest BCUT2D eigenvalue weighted by Gasteiger charge is 2.29. The lowest BCUT2D eigenvalue weighted by atomic mass is 9.93. The summed E-state index contributed by atoms with van der Waals surface area (Å²) in [6.45, 7) is 5.20. The fourth-order valence-corrected chi connectivity index (χ4v) is 2.61. The summed E-state index contributed by atoms with van der Waals surface area (Å²) in [5.74, 6) is 0.583. The predicted molar refractivity (Wildman–Crippen MR) is 81.4 cm³/mol. The van der Waals surface area contributed by atoms with Crippen LogP contribution in [0.4, 0.5) is 4.79 Å². The van der Waals surface area contributed by atoms with E-state index in [1.54, 1.807) is 7.05 Å². The summed E-state index contributed by atoms with van der Waals surface area (Å²) >= 11 is 0. The Morgan fingerprint density at radius 3 is 2.71 bits per heavy atom. The molecule has 0 aliphatic carbocycles. The van der Waals surface area contributed by atoms with E-state index in [1.807, 2.05) is 39.2 Å². The highest BCUT2D eigenvalue weighted by molar-refractivity contribution is 5.70. The smallest absolute Gasteiger partial charge is 0.410 e. The van der Waals surface area contributed by atoms with Gasteiger partial charge >= 0.3 is 6.09 Å². The molecule has 0 unspecified atom stereocenters. The molecule has 21 heavy (non-hydrogen) atoms. The fourth-order valence-electron chi connectivity index (χ4n) is 2.61. The second kappa shape index (κ2) is 6.45. The lowest BCUT2D eigenvalue weighted by Gasteiger charge is -2.36. The van der Waals surface area contributed by atoms with Gasteiger partial charge in [-0.1, -0.05) is 6.07 Å². The topological polar surface area (TPSA) is 42.0 Å². The third kappa shape index (κ3) is 3.36. The van der Waals surface area contributed by atoms with E-state index in [4.69, 9.17) is 9.47 Å². The Kier molecular flexibility index (Phi) is 4.85. The number of fused-ring (bicyclic) bond motifs is 1. The van der Waals surface area contributed by atoms with Crippen molar-refractivity contribution in [1.29, 1.82) is 0 Å². The number of hydrogen-bond donors (Lipinski definition) is 0. The van der Waals surface area contributed by atoms with Crippen LogP contribution in [0, 0.1) is 0 Å². The van der Waals surface area contributed by atoms with Crippen LogP contribution in [0.15, 0.2) is 18.2 Å². The molecular formula is C16H24N2O3. The first-order chi connectivity index (χ1) is 9.93. The Balaban J connectivity index is 2.26. The highest BCUT2D eigenvalue weighted by Crippen LogP contribution is 2.35. The molecule has 0 saturated carbocycles. The van der Waals surface area contributed by atoms with Gasteiger partial charge < -0.3 is 19.3 Å². The summed E-state index contributed by atoms with van der Waals surface area (Å²) in [4.78, 5) is 15.5. The van der Waals surface area contributed by atoms with E-state index >= 15 is 0 Å². The van der Waals surface area contributed by atoms with Crippen molar-refractivity contribution in [2.24, 2.45) is 0 Å². The van der Waals surface area contributed by atoms with Crippen LogP contribution in [0.5, 0.6) is 5.75 Å². The number of amides is 1. The molecule has 1 aliphatic heterocycles. The third-order valence-electron chi connectivity index (χ3n) is 3.93. The Morgan fingerprint density at radius 1 is 1.38 bits per heavy atom. The van der Waals surface area contributed by atoms with Crippen LogP contribution in [-0.4, -0.2) is 49.7 Å². The summed E-state index contributed by atoms with van der Waals surface area (Å²) in [6.07, 6.45) is -0.226. The van der Waals surface area contributed by atoms with Gasteiger partial charge in [0.25, 0.3) is 0 Å². The highest BCUT2D eigenvalue weighted by atomic mass is 16.6. The van der Waals surface area contributed by atoms with E-state index in [0.717, 1.165) is 5.56 Å². The first kappa shape index (κ1) is 15.8. The number of hydrogen-bond acceptors (Lipinski definition) is 4. The number of carbonyl (C=O) groups is 1. The van der Waals surface area contributed by atoms with Crippen LogP contribution < -0.4 is 4.74 Å². The van der Waals surface area contributed by atoms with Crippen LogP contribution in [0.3, 0.4) is 0 Å². The normalized spacial score (nSPS) is 21.0. The van der Waals surface area contributed by atoms with E-state index in [2.05, 4.69) is 11.8 Å². The molecule has 0 bridgehead atoms. The lowest BCUT2D eigenvalue weighted by molar-refractivity contribution is -0.0168. The molecule has 1 aliphatic rings. The first-order valence-electron chi connectivity index (χ1n) is 7.27. The number of carbonyl (C=O) groups excluding carboxylic acids is 1. The largest absolute Gasteiger partial charge is 0.414 e. The zero-order chi connectivity index (χ0) is 15.6. The molecule has 0 N–H and O–H groups in total. The van der Waals surface area contributed by atoms with Crippen LogP contribution in [0.2, 0.25) is 0 Å². The van der Waals surface area contributed by atoms with E-state index in [1.165, 1.54) is 10.5 Å². The van der Waals surface area contributed by atoms with Gasteiger partial charge in [0.15, 0.2) is 0 Å². The fraction of sp³-hybridized carbons (Fsp3) is 0.562. The molecule has 0 fully saturated rings. The average molecular weight is 292 g/mol. The zero-order valence-electron chi connectivity index (χ0n) is 13.4. The van der Waals surface area contributed by atoms with Crippen molar-refractivity contribution in [3.8, 4) is 5.75 Å². The molecule has 0 spiro atoms. The van der Waals surface area contributed by atoms with Gasteiger partial charge in [-0.05, 0) is 51.2 Å². The Morgan fingerprint density at radius 2 is 2.10 bits per heavy atom. The van der Waals surface area contributed by atoms with Gasteiger partial charge in [0, 0.05) is 13.6 Å². The molecule has 5 heteroatoms. The van der Waals surface area contributed by atoms with Crippen LogP contribution in [0.1, 0.15) is 31.0 Å². The molecule has 116 valence electrons. The van der Waals surface area contributed by atoms with Crippen LogP contribution >= 0.6 is 0 Å². The first-order valence-corrected chi connectivity index (χ1v) is 7.27. The number of ether oxygens (including phenoxy) is 2. The van der Waals surface area contributed by atoms with E-state index in [0.29, 0.717) is 18.9 Å². The van der Waals surface area contributed by atoms with Gasteiger partial charge in [-0.15, -0.1) is 0 Å².